The highest BCUT2D eigenvalue weighted by Gasteiger charge is 2.42. The lowest BCUT2D eigenvalue weighted by Crippen LogP contribution is -2.55. The third-order valence-electron chi connectivity index (χ3n) is 8.06. The molecule has 2 fully saturated rings. The van der Waals surface area contributed by atoms with Crippen molar-refractivity contribution in [1.82, 2.24) is 9.80 Å². The van der Waals surface area contributed by atoms with Crippen molar-refractivity contribution in [3.63, 3.8) is 0 Å². The Morgan fingerprint density at radius 2 is 1.33 bits per heavy atom. The van der Waals surface area contributed by atoms with E-state index in [-0.39, 0.29) is 22.9 Å². The lowest BCUT2D eigenvalue weighted by Gasteiger charge is -2.40. The molecule has 36 heavy (non-hydrogen) atoms. The van der Waals surface area contributed by atoms with Gasteiger partial charge in [0.05, 0.1) is 43.1 Å². The minimum absolute atomic E-state index is 0.0435. The lowest BCUT2D eigenvalue weighted by molar-refractivity contribution is -0.130. The molecule has 4 aliphatic rings. The van der Waals surface area contributed by atoms with Crippen LogP contribution >= 0.6 is 0 Å². The molecular formula is C29H34N2O5. The third kappa shape index (κ3) is 4.14. The fourth-order valence-electron chi connectivity index (χ4n) is 5.60. The summed E-state index contributed by atoms with van der Waals surface area (Å²) in [7, 11) is 0. The average molecular weight is 491 g/mol. The van der Waals surface area contributed by atoms with Crippen LogP contribution in [0, 0.1) is 0 Å². The van der Waals surface area contributed by atoms with E-state index in [2.05, 4.69) is 9.80 Å². The monoisotopic (exact) mass is 490 g/mol. The van der Waals surface area contributed by atoms with Gasteiger partial charge in [-0.25, -0.2) is 0 Å². The van der Waals surface area contributed by atoms with Gasteiger partial charge in [-0.2, -0.15) is 0 Å². The molecule has 0 N–H and O–H groups in total. The Bertz CT molecular complexity index is 1210. The van der Waals surface area contributed by atoms with Gasteiger partial charge < -0.3 is 9.47 Å². The number of hydrogen-bond acceptors (Lipinski definition) is 7. The summed E-state index contributed by atoms with van der Waals surface area (Å²) in [5, 5.41) is 0. The Morgan fingerprint density at radius 3 is 1.92 bits per heavy atom. The average Bonchev–Trinajstić information content (AvgIpc) is 3.28. The van der Waals surface area contributed by atoms with Gasteiger partial charge in [-0.3, -0.25) is 24.2 Å². The Morgan fingerprint density at radius 1 is 0.778 bits per heavy atom. The summed E-state index contributed by atoms with van der Waals surface area (Å²) in [6.07, 6.45) is 5.35. The standard InChI is InChI=1S/C29H34N2O5/c1-28(2,30-9-13-35-14-10-30)26(33)19-5-6-21-20(17-19)18-24-22(21)7-8-23(25(24)32)27(34)29(3,4)31-11-15-36-16-12-31/h5-8,17-18H,9-16H2,1-4H3. The number of nitrogens with zero attached hydrogens (tertiary/aromatic N) is 2. The van der Waals surface area contributed by atoms with E-state index in [1.165, 1.54) is 0 Å². The van der Waals surface area contributed by atoms with Crippen molar-refractivity contribution in [3.05, 3.63) is 58.2 Å². The van der Waals surface area contributed by atoms with Crippen LogP contribution in [-0.4, -0.2) is 90.8 Å². The first-order valence-corrected chi connectivity index (χ1v) is 12.7. The van der Waals surface area contributed by atoms with Crippen molar-refractivity contribution < 1.29 is 23.9 Å². The van der Waals surface area contributed by atoms with Crippen molar-refractivity contribution in [1.29, 1.82) is 0 Å². The van der Waals surface area contributed by atoms with E-state index < -0.39 is 11.1 Å². The molecule has 2 saturated heterocycles. The summed E-state index contributed by atoms with van der Waals surface area (Å²) >= 11 is 0. The molecule has 0 amide bonds. The van der Waals surface area contributed by atoms with Crippen molar-refractivity contribution in [3.8, 4) is 0 Å². The van der Waals surface area contributed by atoms with Crippen LogP contribution in [0.1, 0.15) is 49.2 Å². The summed E-state index contributed by atoms with van der Waals surface area (Å²) < 4.78 is 10.9. The van der Waals surface area contributed by atoms with E-state index in [0.717, 1.165) is 29.8 Å². The van der Waals surface area contributed by atoms with Crippen LogP contribution in [0.15, 0.2) is 41.5 Å². The number of carbonyl (C=O) groups excluding carboxylic acids is 3. The summed E-state index contributed by atoms with van der Waals surface area (Å²) in [5.41, 5.74) is 2.45. The number of allylic oxidation sites excluding steroid dienone is 4. The number of Topliss-reactive ketones (excluding diaryl/α,β-unsaturated/α-hetero) is 3. The Hall–Kier alpha value is -2.71. The Balaban J connectivity index is 1.40. The summed E-state index contributed by atoms with van der Waals surface area (Å²) in [5.74, 6) is -0.386. The number of rotatable bonds is 6. The molecule has 0 atom stereocenters. The van der Waals surface area contributed by atoms with Gasteiger partial charge in [0.1, 0.15) is 0 Å². The predicted octanol–water partition coefficient (Wildman–Crippen LogP) is 2.95. The number of carbonyl (C=O) groups is 3. The first-order chi connectivity index (χ1) is 17.1. The third-order valence-corrected chi connectivity index (χ3v) is 8.06. The molecular weight excluding hydrogens is 456 g/mol. The van der Waals surface area contributed by atoms with E-state index in [0.29, 0.717) is 50.7 Å². The molecule has 0 unspecified atom stereocenters. The summed E-state index contributed by atoms with van der Waals surface area (Å²) in [4.78, 5) is 44.7. The number of hydrogen-bond donors (Lipinski definition) is 0. The van der Waals surface area contributed by atoms with Crippen LogP contribution < -0.4 is 0 Å². The van der Waals surface area contributed by atoms with Crippen LogP contribution in [0.2, 0.25) is 0 Å². The zero-order valence-electron chi connectivity index (χ0n) is 21.6. The van der Waals surface area contributed by atoms with E-state index >= 15 is 0 Å². The van der Waals surface area contributed by atoms with Crippen LogP contribution in [0.25, 0.3) is 11.6 Å². The Labute approximate surface area is 212 Å². The van der Waals surface area contributed by atoms with Crippen LogP contribution in [0.4, 0.5) is 0 Å². The van der Waals surface area contributed by atoms with Gasteiger partial charge in [0.2, 0.25) is 0 Å². The lowest BCUT2D eigenvalue weighted by atomic mass is 9.82. The number of fused-ring (bicyclic) bond motifs is 3. The van der Waals surface area contributed by atoms with Crippen LogP contribution in [0.3, 0.4) is 0 Å². The molecule has 2 aliphatic carbocycles. The van der Waals surface area contributed by atoms with Crippen molar-refractivity contribution in [2.24, 2.45) is 0 Å². The molecule has 1 aromatic carbocycles. The number of morpholine rings is 2. The summed E-state index contributed by atoms with van der Waals surface area (Å²) in [6.45, 7) is 12.8. The molecule has 5 rings (SSSR count). The van der Waals surface area contributed by atoms with Gasteiger partial charge in [-0.15, -0.1) is 0 Å². The molecule has 190 valence electrons. The van der Waals surface area contributed by atoms with Crippen molar-refractivity contribution >= 4 is 29.0 Å². The number of ether oxygens (including phenoxy) is 2. The first kappa shape index (κ1) is 25.0. The highest BCUT2D eigenvalue weighted by Crippen LogP contribution is 2.41. The fraction of sp³-hybridized carbons (Fsp3) is 0.483. The molecule has 7 nitrogen and oxygen atoms in total. The largest absolute Gasteiger partial charge is 0.379 e. The molecule has 0 radical (unpaired) electrons. The van der Waals surface area contributed by atoms with E-state index in [1.54, 1.807) is 6.08 Å². The zero-order valence-corrected chi connectivity index (χ0v) is 21.6. The topological polar surface area (TPSA) is 76.2 Å². The predicted molar refractivity (Wildman–Crippen MR) is 138 cm³/mol. The second-order valence-electron chi connectivity index (χ2n) is 10.8. The van der Waals surface area contributed by atoms with Gasteiger partial charge in [-0.1, -0.05) is 18.2 Å². The smallest absolute Gasteiger partial charge is 0.197 e. The molecule has 0 aromatic heterocycles. The first-order valence-electron chi connectivity index (χ1n) is 12.7. The molecule has 7 heteroatoms. The SMILES string of the molecule is CC(C)(C(=O)C1=CC=C2C(=Cc3cc(C(=O)C(C)(C)N4CCOCC4)ccc32)C1=O)N1CCOCC1. The highest BCUT2D eigenvalue weighted by molar-refractivity contribution is 6.36. The number of benzene rings is 1. The Kier molecular flexibility index (Phi) is 6.45. The van der Waals surface area contributed by atoms with Gasteiger partial charge in [0, 0.05) is 37.3 Å². The molecule has 1 aromatic rings. The van der Waals surface area contributed by atoms with Gasteiger partial charge >= 0.3 is 0 Å². The maximum atomic E-state index is 13.5. The van der Waals surface area contributed by atoms with Gasteiger partial charge in [-0.05, 0) is 62.6 Å². The molecule has 0 spiro atoms. The van der Waals surface area contributed by atoms with Crippen molar-refractivity contribution in [2.75, 3.05) is 52.6 Å². The molecule has 0 saturated carbocycles. The minimum atomic E-state index is -0.798. The molecule has 2 aliphatic heterocycles. The maximum Gasteiger partial charge on any atom is 0.197 e. The maximum absolute atomic E-state index is 13.5. The highest BCUT2D eigenvalue weighted by atomic mass is 16.5. The minimum Gasteiger partial charge on any atom is -0.379 e. The second kappa shape index (κ2) is 9.30. The molecule has 2 heterocycles. The summed E-state index contributed by atoms with van der Waals surface area (Å²) in [6, 6.07) is 5.63. The van der Waals surface area contributed by atoms with Gasteiger partial charge in [0.15, 0.2) is 17.3 Å². The molecule has 0 bridgehead atoms. The second-order valence-corrected chi connectivity index (χ2v) is 10.8. The van der Waals surface area contributed by atoms with Crippen molar-refractivity contribution in [2.45, 2.75) is 38.8 Å². The fourth-order valence-corrected chi connectivity index (χ4v) is 5.60. The van der Waals surface area contributed by atoms with Crippen LogP contribution in [0.5, 0.6) is 0 Å². The quantitative estimate of drug-likeness (QED) is 0.448. The van der Waals surface area contributed by atoms with E-state index in [1.807, 2.05) is 58.0 Å². The van der Waals surface area contributed by atoms with Gasteiger partial charge in [0.25, 0.3) is 0 Å². The normalized spacial score (nSPS) is 21.3. The number of ketones is 3. The zero-order chi connectivity index (χ0) is 25.7. The van der Waals surface area contributed by atoms with E-state index in [4.69, 9.17) is 9.47 Å². The van der Waals surface area contributed by atoms with E-state index in [9.17, 15) is 14.4 Å². The van der Waals surface area contributed by atoms with Crippen LogP contribution in [-0.2, 0) is 19.1 Å².